The van der Waals surface area contributed by atoms with E-state index in [2.05, 4.69) is 11.1 Å². The largest absolute Gasteiger partial charge is 0.497 e. The summed E-state index contributed by atoms with van der Waals surface area (Å²) in [5.74, 6) is 0.401. The van der Waals surface area contributed by atoms with Crippen LogP contribution in [-0.4, -0.2) is 40.6 Å². The summed E-state index contributed by atoms with van der Waals surface area (Å²) in [6, 6.07) is 13.2. The van der Waals surface area contributed by atoms with Gasteiger partial charge in [0.1, 0.15) is 25.1 Å². The molecule has 0 saturated heterocycles. The summed E-state index contributed by atoms with van der Waals surface area (Å²) in [4.78, 5) is 32.2. The smallest absolute Gasteiger partial charge is 0.446 e. The predicted octanol–water partition coefficient (Wildman–Crippen LogP) is 3.64. The number of carbonyl (C=O) groups excluding carboxylic acids is 2. The number of benzene rings is 2. The molecule has 1 atom stereocenters. The number of nitrogens with zero attached hydrogens (tertiary/aromatic N) is 3. The van der Waals surface area contributed by atoms with E-state index in [1.165, 1.54) is 10.5 Å². The lowest BCUT2D eigenvalue weighted by atomic mass is 10.00. The quantitative estimate of drug-likeness (QED) is 0.718. The van der Waals surface area contributed by atoms with Gasteiger partial charge in [0.2, 0.25) is 0 Å². The van der Waals surface area contributed by atoms with Gasteiger partial charge in [0, 0.05) is 0 Å². The molecule has 6 nitrogen and oxygen atoms in total. The van der Waals surface area contributed by atoms with Crippen LogP contribution in [0.3, 0.4) is 0 Å². The molecule has 0 fully saturated rings. The molecule has 0 bridgehead atoms. The highest BCUT2D eigenvalue weighted by atomic mass is 16.5. The maximum Gasteiger partial charge on any atom is 0.446 e. The number of aryl methyl sites for hydroxylation is 2. The first kappa shape index (κ1) is 19.8. The van der Waals surface area contributed by atoms with Gasteiger partial charge in [0.25, 0.3) is 5.84 Å². The molecule has 0 N–H and O–H groups in total. The minimum atomic E-state index is -0.559. The van der Waals surface area contributed by atoms with Crippen LogP contribution < -0.4 is 4.74 Å². The zero-order valence-corrected chi connectivity index (χ0v) is 17.3. The van der Waals surface area contributed by atoms with Crippen molar-refractivity contribution in [1.82, 2.24) is 4.90 Å². The normalized spacial score (nSPS) is 18.1. The number of amides is 3. The summed E-state index contributed by atoms with van der Waals surface area (Å²) >= 11 is 0. The summed E-state index contributed by atoms with van der Waals surface area (Å²) in [6.07, 6.45) is 5.18. The third-order valence-electron chi connectivity index (χ3n) is 5.47. The second-order valence-corrected chi connectivity index (χ2v) is 7.57. The molecule has 0 saturated carbocycles. The molecule has 2 aromatic carbocycles. The Kier molecular flexibility index (Phi) is 5.31. The van der Waals surface area contributed by atoms with Gasteiger partial charge >= 0.3 is 11.9 Å². The van der Waals surface area contributed by atoms with Gasteiger partial charge in [-0.05, 0) is 48.7 Å². The van der Waals surface area contributed by atoms with Crippen molar-refractivity contribution in [3.63, 3.8) is 0 Å². The zero-order valence-electron chi connectivity index (χ0n) is 17.3. The molecule has 0 aliphatic carbocycles. The standard InChI is InChI=1S/C24H24N3O3/c1-16-6-9-19(17(2)13-16)15-26-22-21(5-4-12-25-22)23(28)27(24(26)29)14-18-7-10-20(30-3)11-8-18/h4-13,21H,14-15H2,1-3H3/q+1. The van der Waals surface area contributed by atoms with Gasteiger partial charge in [-0.25, -0.2) is 4.79 Å². The average molecular weight is 402 g/mol. The molecule has 3 amide bonds. The molecular formula is C24H24N3O3+. The van der Waals surface area contributed by atoms with E-state index in [-0.39, 0.29) is 18.5 Å². The van der Waals surface area contributed by atoms with E-state index in [1.807, 2.05) is 50.2 Å². The van der Waals surface area contributed by atoms with Crippen molar-refractivity contribution in [3.8, 4) is 5.75 Å². The highest BCUT2D eigenvalue weighted by molar-refractivity contribution is 6.14. The van der Waals surface area contributed by atoms with Crippen LogP contribution in [0, 0.1) is 19.8 Å². The summed E-state index contributed by atoms with van der Waals surface area (Å²) in [5, 5.41) is 0. The van der Waals surface area contributed by atoms with Gasteiger partial charge < -0.3 is 4.74 Å². The lowest BCUT2D eigenvalue weighted by Gasteiger charge is -2.27. The molecule has 4 rings (SSSR count). The Bertz CT molecular complexity index is 1100. The number of fused-ring (bicyclic) bond motifs is 1. The third kappa shape index (κ3) is 3.68. The molecule has 152 valence electrons. The molecule has 30 heavy (non-hydrogen) atoms. The Morgan fingerprint density at radius 2 is 1.87 bits per heavy atom. The van der Waals surface area contributed by atoms with Gasteiger partial charge in [0.05, 0.1) is 7.11 Å². The molecule has 0 spiro atoms. The third-order valence-corrected chi connectivity index (χ3v) is 5.47. The topological polar surface area (TPSA) is 62.0 Å². The van der Waals surface area contributed by atoms with Crippen LogP contribution in [-0.2, 0) is 17.9 Å². The van der Waals surface area contributed by atoms with Crippen LogP contribution in [0.25, 0.3) is 0 Å². The maximum atomic E-state index is 13.4. The first-order chi connectivity index (χ1) is 14.5. The number of urea groups is 1. The fraction of sp³-hybridized carbons (Fsp3) is 0.250. The number of imide groups is 1. The Morgan fingerprint density at radius 1 is 1.10 bits per heavy atom. The van der Waals surface area contributed by atoms with Gasteiger partial charge in [-0.1, -0.05) is 42.0 Å². The van der Waals surface area contributed by atoms with Crippen molar-refractivity contribution in [3.05, 3.63) is 76.9 Å². The van der Waals surface area contributed by atoms with Crippen molar-refractivity contribution >= 4 is 24.0 Å². The minimum absolute atomic E-state index is 0.201. The Balaban J connectivity index is 1.69. The Labute approximate surface area is 175 Å². The van der Waals surface area contributed by atoms with Crippen molar-refractivity contribution in [2.75, 3.05) is 7.11 Å². The lowest BCUT2D eigenvalue weighted by Crippen LogP contribution is -2.53. The highest BCUT2D eigenvalue weighted by Crippen LogP contribution is 2.23. The summed E-state index contributed by atoms with van der Waals surface area (Å²) in [7, 11) is 1.60. The van der Waals surface area contributed by atoms with E-state index in [1.54, 1.807) is 30.1 Å². The fourth-order valence-corrected chi connectivity index (χ4v) is 3.78. The lowest BCUT2D eigenvalue weighted by molar-refractivity contribution is -0.458. The Morgan fingerprint density at radius 3 is 2.57 bits per heavy atom. The van der Waals surface area contributed by atoms with Crippen molar-refractivity contribution in [2.24, 2.45) is 10.9 Å². The number of methoxy groups -OCH3 is 1. The van der Waals surface area contributed by atoms with Crippen LogP contribution in [0.15, 0.2) is 59.6 Å². The van der Waals surface area contributed by atoms with E-state index >= 15 is 0 Å². The molecule has 2 heterocycles. The second-order valence-electron chi connectivity index (χ2n) is 7.57. The molecule has 0 radical (unpaired) electrons. The number of allylic oxidation sites excluding steroid dienone is 1. The van der Waals surface area contributed by atoms with E-state index in [0.29, 0.717) is 12.4 Å². The number of aliphatic imine (C=N–C) groups is 1. The van der Waals surface area contributed by atoms with Gasteiger partial charge in [-0.3, -0.25) is 4.79 Å². The number of carbonyl (C=O) groups is 2. The fourth-order valence-electron chi connectivity index (χ4n) is 3.78. The number of hydrogen-bond donors (Lipinski definition) is 0. The number of amidine groups is 1. The molecule has 6 heteroatoms. The molecule has 0 aromatic heterocycles. The molecule has 2 aromatic rings. The highest BCUT2D eigenvalue weighted by Gasteiger charge is 2.46. The molecule has 2 aliphatic heterocycles. The first-order valence-corrected chi connectivity index (χ1v) is 9.87. The summed E-state index contributed by atoms with van der Waals surface area (Å²) in [6.45, 7) is 4.64. The zero-order chi connectivity index (χ0) is 21.3. The first-order valence-electron chi connectivity index (χ1n) is 9.87. The number of dihydropyridines is 1. The molecular weight excluding hydrogens is 378 g/mol. The van der Waals surface area contributed by atoms with E-state index in [4.69, 9.17) is 4.74 Å². The van der Waals surface area contributed by atoms with Crippen molar-refractivity contribution in [2.45, 2.75) is 26.9 Å². The van der Waals surface area contributed by atoms with E-state index in [0.717, 1.165) is 22.4 Å². The van der Waals surface area contributed by atoms with E-state index in [9.17, 15) is 9.59 Å². The van der Waals surface area contributed by atoms with Crippen LogP contribution >= 0.6 is 0 Å². The SMILES string of the molecule is COc1ccc(CN2C(=O)C3C=CC=NC3=[N+](Cc3ccc(C)cc3C)C2=O)cc1. The summed E-state index contributed by atoms with van der Waals surface area (Å²) < 4.78 is 6.81. The van der Waals surface area contributed by atoms with Crippen molar-refractivity contribution < 1.29 is 18.9 Å². The van der Waals surface area contributed by atoms with Crippen LogP contribution in [0.2, 0.25) is 0 Å². The predicted molar refractivity (Wildman–Crippen MR) is 115 cm³/mol. The van der Waals surface area contributed by atoms with Crippen LogP contribution in [0.4, 0.5) is 4.79 Å². The maximum absolute atomic E-state index is 13.4. The van der Waals surface area contributed by atoms with Gasteiger partial charge in [-0.2, -0.15) is 9.48 Å². The molecule has 1 unspecified atom stereocenters. The Hall–Kier alpha value is -3.54. The average Bonchev–Trinajstić information content (AvgIpc) is 2.76. The molecule has 2 aliphatic rings. The van der Waals surface area contributed by atoms with Gasteiger partial charge in [0.15, 0.2) is 5.92 Å². The summed E-state index contributed by atoms with van der Waals surface area (Å²) in [5.41, 5.74) is 4.16. The number of hydrogen-bond acceptors (Lipinski definition) is 4. The monoisotopic (exact) mass is 402 g/mol. The van der Waals surface area contributed by atoms with Crippen LogP contribution in [0.5, 0.6) is 5.75 Å². The minimum Gasteiger partial charge on any atom is -0.497 e. The van der Waals surface area contributed by atoms with E-state index < -0.39 is 5.92 Å². The number of rotatable bonds is 5. The van der Waals surface area contributed by atoms with Gasteiger partial charge in [-0.15, -0.1) is 4.99 Å². The number of ether oxygens (including phenoxy) is 1. The van der Waals surface area contributed by atoms with Crippen LogP contribution in [0.1, 0.15) is 22.3 Å². The van der Waals surface area contributed by atoms with Crippen molar-refractivity contribution in [1.29, 1.82) is 0 Å². The second kappa shape index (κ2) is 8.06.